The van der Waals surface area contributed by atoms with E-state index in [1.165, 1.54) is 10.8 Å². The van der Waals surface area contributed by atoms with Gasteiger partial charge in [0.05, 0.1) is 46.7 Å². The molecular formula is C145H93NO3. The maximum Gasteiger partial charge on any atom is 0.136 e. The highest BCUT2D eigenvalue weighted by molar-refractivity contribution is 6.27. The molecule has 0 unspecified atom stereocenters. The van der Waals surface area contributed by atoms with E-state index in [-0.39, 0.29) is 90.8 Å². The van der Waals surface area contributed by atoms with Crippen molar-refractivity contribution in [3.8, 4) is 139 Å². The van der Waals surface area contributed by atoms with Crippen LogP contribution >= 0.6 is 0 Å². The fraction of sp³-hybridized carbons (Fsp3) is 0.00690. The molecule has 0 fully saturated rings. The lowest BCUT2D eigenvalue weighted by Crippen LogP contribution is -1.94. The van der Waals surface area contributed by atoms with Crippen molar-refractivity contribution in [1.29, 1.82) is 0 Å². The van der Waals surface area contributed by atoms with Crippen LogP contribution in [0.3, 0.4) is 0 Å². The van der Waals surface area contributed by atoms with E-state index in [1.54, 1.807) is 12.1 Å². The van der Waals surface area contributed by atoms with Crippen LogP contribution in [-0.2, 0) is 0 Å². The van der Waals surface area contributed by atoms with Gasteiger partial charge in [-0.05, 0) is 273 Å². The van der Waals surface area contributed by atoms with E-state index in [4.69, 9.17) is 37.9 Å². The second kappa shape index (κ2) is 36.7. The predicted molar refractivity (Wildman–Crippen MR) is 631 cm³/mol. The Hall–Kier alpha value is -19.5. The Morgan fingerprint density at radius 1 is 0.161 bits per heavy atom. The molecule has 0 saturated carbocycles. The van der Waals surface area contributed by atoms with Crippen LogP contribution in [-0.4, -0.2) is 4.57 Å². The van der Waals surface area contributed by atoms with Crippen LogP contribution in [0.1, 0.15) is 41.2 Å². The molecular weight excluding hydrogens is 1800 g/mol. The van der Waals surface area contributed by atoms with Crippen molar-refractivity contribution in [3.05, 3.63) is 551 Å². The molecule has 4 aromatic heterocycles. The lowest BCUT2D eigenvalue weighted by Gasteiger charge is -2.19. The van der Waals surface area contributed by atoms with Gasteiger partial charge in [0, 0.05) is 59.9 Å². The summed E-state index contributed by atoms with van der Waals surface area (Å²) in [6, 6.07) is 115. The number of aryl methyl sites for hydroxylation is 1. The summed E-state index contributed by atoms with van der Waals surface area (Å²) in [5.41, 5.74) is 24.0. The van der Waals surface area contributed by atoms with Gasteiger partial charge in [-0.25, -0.2) is 0 Å². The van der Waals surface area contributed by atoms with Gasteiger partial charge in [-0.15, -0.1) is 0 Å². The number of benzene rings is 26. The van der Waals surface area contributed by atoms with Gasteiger partial charge in [-0.2, -0.15) is 0 Å². The SMILES string of the molecule is [2H]c1c([2H])c([2H])c(-c2c3c([2H])c([2H])c([2H])c([2H])c3c(-c3cccc(-c4c(-c5ccccc5)ccc5oc6ccccc6c45)c3)c3c([2H])c([2H])c([2H])c([2H])c23)c([2H])c1[2H].[2H]c1c([2H])c([2H])c(-c2c3cc(-c4ccccc4)ccc3c(-c3cccc(-c4cccc5oc6ccccc6c45)c3)c3c([2H])c([2H])c([2H])c([2H])c23)c([2H])c1[2H].[2H]c1c([2H])c([2H])c2c(-c3ccccc3)c3cc(C)ccc3c(-c3ccc(-c4ccc5oc6ccccc6c5c4-c4ccc5c6ccccc6n(-c6ccccc6)c5c4)cc3)c2c1[2H]. The van der Waals surface area contributed by atoms with Crippen molar-refractivity contribution in [3.63, 3.8) is 0 Å². The molecule has 0 bridgehead atoms. The Labute approximate surface area is 898 Å². The normalized spacial score (nSPS) is 14.1. The Balaban J connectivity index is 0.000000121. The van der Waals surface area contributed by atoms with Crippen LogP contribution in [0.5, 0.6) is 0 Å². The van der Waals surface area contributed by atoms with Crippen LogP contribution in [0, 0.1) is 6.92 Å². The van der Waals surface area contributed by atoms with E-state index in [0.29, 0.717) is 55.0 Å². The van der Waals surface area contributed by atoms with Crippen LogP contribution in [0.25, 0.3) is 291 Å². The first kappa shape index (κ1) is 64.2. The third-order valence-corrected chi connectivity index (χ3v) is 28.6. The van der Waals surface area contributed by atoms with Crippen molar-refractivity contribution in [2.75, 3.05) is 0 Å². The first-order valence-corrected chi connectivity index (χ1v) is 49.1. The average molecular weight is 1920 g/mol. The fourth-order valence-electron chi connectivity index (χ4n) is 22.3. The molecule has 0 N–H and O–H groups in total. The third-order valence-electron chi connectivity index (χ3n) is 28.6. The molecule has 149 heavy (non-hydrogen) atoms. The molecule has 0 atom stereocenters. The number of para-hydroxylation sites is 5. The van der Waals surface area contributed by atoms with Crippen LogP contribution in [0.4, 0.5) is 0 Å². The molecule has 4 heterocycles. The third kappa shape index (κ3) is 15.1. The highest BCUT2D eigenvalue weighted by atomic mass is 16.3. The first-order valence-electron chi connectivity index (χ1n) is 62.1. The Kier molecular flexibility index (Phi) is 15.8. The number of fused-ring (bicyclic) bond motifs is 18. The lowest BCUT2D eigenvalue weighted by atomic mass is 9.84. The number of nitrogens with zero attached hydrogens (tertiary/aromatic N) is 1. The van der Waals surface area contributed by atoms with E-state index in [0.717, 1.165) is 171 Å². The number of furan rings is 3. The van der Waals surface area contributed by atoms with Gasteiger partial charge >= 0.3 is 0 Å². The van der Waals surface area contributed by atoms with Gasteiger partial charge < -0.3 is 17.8 Å². The van der Waals surface area contributed by atoms with Gasteiger partial charge in [0.25, 0.3) is 0 Å². The van der Waals surface area contributed by atoms with Crippen molar-refractivity contribution < 1.29 is 48.9 Å². The van der Waals surface area contributed by atoms with Crippen molar-refractivity contribution >= 4 is 152 Å². The average Bonchev–Trinajstić information content (AvgIpc) is 1.43. The zero-order chi connectivity index (χ0) is 121. The van der Waals surface area contributed by atoms with Crippen molar-refractivity contribution in [2.24, 2.45) is 0 Å². The van der Waals surface area contributed by atoms with E-state index in [9.17, 15) is 11.0 Å². The molecule has 0 aliphatic rings. The van der Waals surface area contributed by atoms with Gasteiger partial charge in [0.2, 0.25) is 0 Å². The largest absolute Gasteiger partial charge is 0.456 e. The Morgan fingerprint density at radius 2 is 0.483 bits per heavy atom. The van der Waals surface area contributed by atoms with Gasteiger partial charge in [0.15, 0.2) is 0 Å². The summed E-state index contributed by atoms with van der Waals surface area (Å²) in [6.45, 7) is 2.06. The molecule has 26 aromatic carbocycles. The molecule has 0 aliphatic heterocycles. The molecule has 0 spiro atoms. The fourth-order valence-corrected chi connectivity index (χ4v) is 22.3. The summed E-state index contributed by atoms with van der Waals surface area (Å²) in [5, 5.41) is 11.5. The van der Waals surface area contributed by atoms with Crippen LogP contribution in [0.2, 0.25) is 0 Å². The quantitative estimate of drug-likeness (QED) is 0.108. The standard InChI is InChI=1S/C57H37NO.2C44H28O/c1-36-24-30-47-49(34-36)55(38-14-4-2-5-15-38)46-20-9-8-19-45(46)54(47)39-27-25-37(26-28-39)42-32-33-53-57(48-21-11-13-23-52(48)59-53)56(42)40-29-31-44-43-18-10-12-22-50(43)58(51(44)35-40)41-16-6-3-7-17-41;1-3-14-29(15-4-1)33-26-27-40-44(38-24-11-12-25-39(38)45-40)43(33)32-19-13-18-31(28-32)42-36-22-9-7-20-34(36)41(30-16-5-2-6-17-30)35-21-8-10-23-37(35)42;1-3-13-29(14-4-1)31-25-26-37-39(28-31)42(30-15-5-2-6-16-30)35-19-7-8-20-36(35)43(37)33-18-11-17-32(27-33)34-22-12-24-41-44(34)38-21-9-10-23-40(38)45-41/h2-35H,1H3;2*1-28H/i8D,9D,19D,20D;2D,5D,6D,7D,8D,9D,10D,16D,17D,20D,21D,22D,23D;2D,5D,6D,7D,8D,15D,16D,19D,20D. The molecule has 30 aromatic rings. The second-order valence-electron chi connectivity index (χ2n) is 37.0. The summed E-state index contributed by atoms with van der Waals surface area (Å²) in [7, 11) is 0. The van der Waals surface area contributed by atoms with E-state index in [1.807, 2.05) is 237 Å². The van der Waals surface area contributed by atoms with Crippen molar-refractivity contribution in [1.82, 2.24) is 4.57 Å². The summed E-state index contributed by atoms with van der Waals surface area (Å²) in [6.07, 6.45) is 0. The number of aromatic nitrogens is 1. The highest BCUT2D eigenvalue weighted by Crippen LogP contribution is 2.54. The van der Waals surface area contributed by atoms with Crippen LogP contribution < -0.4 is 0 Å². The molecule has 0 amide bonds. The summed E-state index contributed by atoms with van der Waals surface area (Å²) in [4.78, 5) is 0. The molecule has 0 aliphatic carbocycles. The summed E-state index contributed by atoms with van der Waals surface area (Å²) < 4.78 is 253. The van der Waals surface area contributed by atoms with Gasteiger partial charge in [0.1, 0.15) is 33.5 Å². The van der Waals surface area contributed by atoms with Crippen LogP contribution in [0.15, 0.2) is 559 Å². The smallest absolute Gasteiger partial charge is 0.136 e. The molecule has 4 nitrogen and oxygen atoms in total. The zero-order valence-corrected chi connectivity index (χ0v) is 79.6. The molecule has 696 valence electrons. The molecule has 4 heteroatoms. The van der Waals surface area contributed by atoms with E-state index >= 15 is 0 Å². The molecule has 0 saturated heterocycles. The van der Waals surface area contributed by atoms with Crippen molar-refractivity contribution in [2.45, 2.75) is 6.92 Å². The minimum absolute atomic E-state index is 0.0420. The lowest BCUT2D eigenvalue weighted by molar-refractivity contribution is 0.668. The number of hydrogen-bond donors (Lipinski definition) is 0. The summed E-state index contributed by atoms with van der Waals surface area (Å²) in [5.74, 6) is 0. The Morgan fingerprint density at radius 3 is 1.01 bits per heavy atom. The second-order valence-corrected chi connectivity index (χ2v) is 37.0. The minimum atomic E-state index is -0.717. The highest BCUT2D eigenvalue weighted by Gasteiger charge is 2.28. The topological polar surface area (TPSA) is 44.4 Å². The minimum Gasteiger partial charge on any atom is -0.456 e. The predicted octanol–water partition coefficient (Wildman–Crippen LogP) is 41.1. The monoisotopic (exact) mass is 1920 g/mol. The first-order chi connectivity index (χ1) is 84.7. The maximum atomic E-state index is 9.38. The summed E-state index contributed by atoms with van der Waals surface area (Å²) >= 11 is 0. The zero-order valence-electron chi connectivity index (χ0n) is 106. The number of rotatable bonds is 13. The maximum absolute atomic E-state index is 9.38. The molecule has 0 radical (unpaired) electrons. The van der Waals surface area contributed by atoms with E-state index < -0.39 is 126 Å². The molecule has 30 rings (SSSR count). The van der Waals surface area contributed by atoms with Gasteiger partial charge in [-0.1, -0.05) is 472 Å². The number of hydrogen-bond acceptors (Lipinski definition) is 3. The van der Waals surface area contributed by atoms with Gasteiger partial charge in [-0.3, -0.25) is 0 Å². The van der Waals surface area contributed by atoms with E-state index in [2.05, 4.69) is 151 Å². The Bertz CT molecular complexity index is 12100.